The molecular weight excluding hydrogens is 397 g/mol. The molecule has 0 radical (unpaired) electrons. The lowest BCUT2D eigenvalue weighted by molar-refractivity contribution is -0.325. The van der Waals surface area contributed by atoms with Gasteiger partial charge in [-0.2, -0.15) is 0 Å². The van der Waals surface area contributed by atoms with Gasteiger partial charge < -0.3 is 9.64 Å². The second kappa shape index (κ2) is 7.91. The minimum atomic E-state index is -4.68. The number of carbonyl (C=O) groups excluding carboxylic acids is 1. The number of ether oxygens (including phenoxy) is 2. The Labute approximate surface area is 172 Å². The average Bonchev–Trinajstić information content (AvgIpc) is 3.46. The van der Waals surface area contributed by atoms with Gasteiger partial charge in [0.15, 0.2) is 0 Å². The molecule has 0 bridgehead atoms. The van der Waals surface area contributed by atoms with Crippen LogP contribution in [-0.2, 0) is 10.2 Å². The Morgan fingerprint density at radius 1 is 1.20 bits per heavy atom. The van der Waals surface area contributed by atoms with Gasteiger partial charge in [0.25, 0.3) is 5.91 Å². The van der Waals surface area contributed by atoms with Crippen molar-refractivity contribution in [1.29, 1.82) is 0 Å². The Bertz CT molecular complexity index is 920. The highest BCUT2D eigenvalue weighted by Gasteiger charge is 2.57. The minimum absolute atomic E-state index is 0.126. The fourth-order valence-corrected chi connectivity index (χ4v) is 4.36. The van der Waals surface area contributed by atoms with E-state index in [0.29, 0.717) is 36.1 Å². The molecule has 1 amide bonds. The van der Waals surface area contributed by atoms with Gasteiger partial charge in [-0.15, -0.1) is 13.2 Å². The van der Waals surface area contributed by atoms with Gasteiger partial charge in [-0.25, -0.2) is 4.98 Å². The molecule has 4 rings (SSSR count). The lowest BCUT2D eigenvalue weighted by atomic mass is 9.87. The predicted octanol–water partition coefficient (Wildman–Crippen LogP) is 4.11. The quantitative estimate of drug-likeness (QED) is 0.660. The SMILES string of the molecule is Cc1nc(C(=O)N2CCC3(c4ccccc4)CC3C2)ccc1OCCOC(F)(F)F. The molecule has 1 aliphatic carbocycles. The molecule has 2 atom stereocenters. The summed E-state index contributed by atoms with van der Waals surface area (Å²) in [7, 11) is 0. The van der Waals surface area contributed by atoms with Gasteiger partial charge in [0, 0.05) is 18.5 Å². The number of piperidine rings is 1. The standard InChI is InChI=1S/C22H23F3N2O3/c1-15-19(29-11-12-30-22(23,24)25)8-7-18(26-15)20(28)27-10-9-21(13-17(21)14-27)16-5-3-2-4-6-16/h2-8,17H,9-14H2,1H3. The predicted molar refractivity (Wildman–Crippen MR) is 103 cm³/mol. The fraction of sp³-hybridized carbons (Fsp3) is 0.455. The van der Waals surface area contributed by atoms with E-state index in [1.807, 2.05) is 11.0 Å². The number of fused-ring (bicyclic) bond motifs is 1. The number of halogens is 3. The second-order valence-corrected chi connectivity index (χ2v) is 7.85. The number of amides is 1. The van der Waals surface area contributed by atoms with Crippen LogP contribution >= 0.6 is 0 Å². The third kappa shape index (κ3) is 4.28. The molecule has 160 valence electrons. The van der Waals surface area contributed by atoms with Gasteiger partial charge in [-0.1, -0.05) is 30.3 Å². The van der Waals surface area contributed by atoms with Gasteiger partial charge in [0.1, 0.15) is 18.1 Å². The van der Waals surface area contributed by atoms with E-state index in [1.165, 1.54) is 5.56 Å². The van der Waals surface area contributed by atoms with Crippen LogP contribution in [0.1, 0.15) is 34.6 Å². The summed E-state index contributed by atoms with van der Waals surface area (Å²) in [6.07, 6.45) is -2.64. The molecule has 0 spiro atoms. The van der Waals surface area contributed by atoms with E-state index in [9.17, 15) is 18.0 Å². The van der Waals surface area contributed by atoms with Crippen LogP contribution in [-0.4, -0.2) is 48.5 Å². The first kappa shape index (κ1) is 20.7. The van der Waals surface area contributed by atoms with Crippen molar-refractivity contribution in [2.45, 2.75) is 31.5 Å². The van der Waals surface area contributed by atoms with E-state index in [2.05, 4.69) is 34.0 Å². The average molecular weight is 420 g/mol. The first-order valence-electron chi connectivity index (χ1n) is 9.94. The van der Waals surface area contributed by atoms with Gasteiger partial charge >= 0.3 is 6.36 Å². The van der Waals surface area contributed by atoms with Crippen LogP contribution in [0.5, 0.6) is 5.75 Å². The number of rotatable bonds is 6. The molecule has 1 aromatic heterocycles. The number of aromatic nitrogens is 1. The Morgan fingerprint density at radius 2 is 1.97 bits per heavy atom. The van der Waals surface area contributed by atoms with E-state index in [4.69, 9.17) is 4.74 Å². The largest absolute Gasteiger partial charge is 0.522 e. The zero-order valence-electron chi connectivity index (χ0n) is 16.6. The summed E-state index contributed by atoms with van der Waals surface area (Å²) < 4.78 is 45.0. The number of aryl methyl sites for hydroxylation is 1. The molecule has 2 heterocycles. The van der Waals surface area contributed by atoms with E-state index in [1.54, 1.807) is 19.1 Å². The molecular formula is C22H23F3N2O3. The van der Waals surface area contributed by atoms with Crippen LogP contribution in [0.25, 0.3) is 0 Å². The molecule has 2 fully saturated rings. The molecule has 8 heteroatoms. The van der Waals surface area contributed by atoms with Crippen molar-refractivity contribution in [3.05, 3.63) is 59.4 Å². The molecule has 0 N–H and O–H groups in total. The molecule has 5 nitrogen and oxygen atoms in total. The third-order valence-electron chi connectivity index (χ3n) is 6.00. The van der Waals surface area contributed by atoms with Crippen molar-refractivity contribution < 1.29 is 27.4 Å². The molecule has 2 aromatic rings. The highest BCUT2D eigenvalue weighted by molar-refractivity contribution is 5.92. The van der Waals surface area contributed by atoms with Crippen molar-refractivity contribution in [3.8, 4) is 5.75 Å². The van der Waals surface area contributed by atoms with Crippen LogP contribution < -0.4 is 4.74 Å². The van der Waals surface area contributed by atoms with Gasteiger partial charge in [0.05, 0.1) is 12.3 Å². The monoisotopic (exact) mass is 420 g/mol. The Kier molecular flexibility index (Phi) is 5.44. The van der Waals surface area contributed by atoms with Gasteiger partial charge in [-0.3, -0.25) is 9.53 Å². The maximum absolute atomic E-state index is 12.9. The van der Waals surface area contributed by atoms with Crippen molar-refractivity contribution in [3.63, 3.8) is 0 Å². The molecule has 1 aromatic carbocycles. The number of pyridine rings is 1. The summed E-state index contributed by atoms with van der Waals surface area (Å²) in [6.45, 7) is 2.18. The summed E-state index contributed by atoms with van der Waals surface area (Å²) in [6, 6.07) is 13.6. The van der Waals surface area contributed by atoms with Crippen molar-refractivity contribution >= 4 is 5.91 Å². The summed E-state index contributed by atoms with van der Waals surface area (Å²) in [5, 5.41) is 0. The summed E-state index contributed by atoms with van der Waals surface area (Å²) >= 11 is 0. The van der Waals surface area contributed by atoms with Crippen LogP contribution in [0.2, 0.25) is 0 Å². The Hall–Kier alpha value is -2.61. The molecule has 1 aliphatic heterocycles. The normalized spacial score (nSPS) is 23.1. The number of nitrogens with zero attached hydrogens (tertiary/aromatic N) is 2. The van der Waals surface area contributed by atoms with E-state index < -0.39 is 13.0 Å². The summed E-state index contributed by atoms with van der Waals surface area (Å²) in [5.41, 5.74) is 2.33. The Balaban J connectivity index is 1.34. The topological polar surface area (TPSA) is 51.7 Å². The number of carbonyl (C=O) groups is 1. The fourth-order valence-electron chi connectivity index (χ4n) is 4.36. The number of benzene rings is 1. The highest BCUT2D eigenvalue weighted by atomic mass is 19.4. The third-order valence-corrected chi connectivity index (χ3v) is 6.00. The van der Waals surface area contributed by atoms with Crippen LogP contribution in [0, 0.1) is 12.8 Å². The van der Waals surface area contributed by atoms with E-state index >= 15 is 0 Å². The summed E-state index contributed by atoms with van der Waals surface area (Å²) in [5.74, 6) is 0.676. The first-order chi connectivity index (χ1) is 14.3. The zero-order valence-corrected chi connectivity index (χ0v) is 16.6. The number of hydrogen-bond acceptors (Lipinski definition) is 4. The van der Waals surface area contributed by atoms with Gasteiger partial charge in [0.2, 0.25) is 0 Å². The highest BCUT2D eigenvalue weighted by Crippen LogP contribution is 2.59. The first-order valence-corrected chi connectivity index (χ1v) is 9.94. The minimum Gasteiger partial charge on any atom is -0.489 e. The number of likely N-dealkylation sites (tertiary alicyclic amines) is 1. The maximum Gasteiger partial charge on any atom is 0.522 e. The number of alkyl halides is 3. The molecule has 2 unspecified atom stereocenters. The second-order valence-electron chi connectivity index (χ2n) is 7.85. The molecule has 1 saturated carbocycles. The molecule has 1 saturated heterocycles. The smallest absolute Gasteiger partial charge is 0.489 e. The summed E-state index contributed by atoms with van der Waals surface area (Å²) in [4.78, 5) is 19.1. The lowest BCUT2D eigenvalue weighted by Crippen LogP contribution is -2.40. The molecule has 30 heavy (non-hydrogen) atoms. The molecule has 2 aliphatic rings. The van der Waals surface area contributed by atoms with Crippen molar-refractivity contribution in [1.82, 2.24) is 9.88 Å². The van der Waals surface area contributed by atoms with Crippen molar-refractivity contribution in [2.24, 2.45) is 5.92 Å². The number of hydrogen-bond donors (Lipinski definition) is 0. The van der Waals surface area contributed by atoms with E-state index in [0.717, 1.165) is 12.8 Å². The van der Waals surface area contributed by atoms with Crippen molar-refractivity contribution in [2.75, 3.05) is 26.3 Å². The van der Waals surface area contributed by atoms with Crippen LogP contribution in [0.4, 0.5) is 13.2 Å². The maximum atomic E-state index is 12.9. The van der Waals surface area contributed by atoms with Gasteiger partial charge in [-0.05, 0) is 43.4 Å². The zero-order chi connectivity index (χ0) is 21.4. The van der Waals surface area contributed by atoms with Crippen LogP contribution in [0.15, 0.2) is 42.5 Å². The Morgan fingerprint density at radius 3 is 2.63 bits per heavy atom. The van der Waals surface area contributed by atoms with Crippen LogP contribution in [0.3, 0.4) is 0 Å². The van der Waals surface area contributed by atoms with E-state index in [-0.39, 0.29) is 17.9 Å². The lowest BCUT2D eigenvalue weighted by Gasteiger charge is -2.32.